The monoisotopic (exact) mass is 1090 g/mol. The number of hydrogen-bond donors (Lipinski definition) is 0. The van der Waals surface area contributed by atoms with Crippen LogP contribution in [-0.2, 0) is 66.3 Å². The number of ether oxygens (including phenoxy) is 14. The summed E-state index contributed by atoms with van der Waals surface area (Å²) < 4.78 is 78.2. The predicted molar refractivity (Wildman–Crippen MR) is 333 cm³/mol. The molecule has 0 aromatic carbocycles. The van der Waals surface area contributed by atoms with Gasteiger partial charge in [-0.1, -0.05) is 163 Å². The highest BCUT2D eigenvalue weighted by Crippen LogP contribution is 2.10. The molecule has 4 aliphatic heterocycles. The fourth-order valence-corrected chi connectivity index (χ4v) is 4.72. The van der Waals surface area contributed by atoms with Crippen LogP contribution in [0.1, 0.15) is 170 Å². The van der Waals surface area contributed by atoms with Gasteiger partial charge in [0.25, 0.3) is 0 Å². The van der Waals surface area contributed by atoms with Crippen LogP contribution >= 0.6 is 0 Å². The van der Waals surface area contributed by atoms with Crippen LogP contribution in [-0.4, -0.2) is 232 Å². The Morgan fingerprint density at radius 3 is 0.699 bits per heavy atom. The van der Waals surface area contributed by atoms with Crippen molar-refractivity contribution in [1.82, 2.24) is 9.80 Å². The van der Waals surface area contributed by atoms with Gasteiger partial charge < -0.3 is 66.3 Å². The third kappa shape index (κ3) is 82.9. The highest BCUT2D eigenvalue weighted by Gasteiger charge is 2.24. The Morgan fingerprint density at radius 1 is 0.288 bits per heavy atom. The van der Waals surface area contributed by atoms with Gasteiger partial charge in [0.05, 0.1) is 158 Å². The molecule has 16 nitrogen and oxygen atoms in total. The van der Waals surface area contributed by atoms with Gasteiger partial charge in [0.2, 0.25) is 0 Å². The Morgan fingerprint density at radius 2 is 0.479 bits per heavy atom. The number of epoxide rings is 4. The Hall–Kier alpha value is -0.640. The van der Waals surface area contributed by atoms with Gasteiger partial charge in [-0.15, -0.1) is 0 Å². The Bertz CT molecular complexity index is 764. The van der Waals surface area contributed by atoms with E-state index < -0.39 is 0 Å². The van der Waals surface area contributed by atoms with Crippen LogP contribution in [0.25, 0.3) is 0 Å². The van der Waals surface area contributed by atoms with Crippen molar-refractivity contribution in [1.29, 1.82) is 0 Å². The van der Waals surface area contributed by atoms with Gasteiger partial charge in [-0.3, -0.25) is 9.80 Å². The summed E-state index contributed by atoms with van der Waals surface area (Å²) in [7, 11) is 0. The summed E-state index contributed by atoms with van der Waals surface area (Å²) >= 11 is 0. The van der Waals surface area contributed by atoms with Crippen LogP contribution in [0.2, 0.25) is 0 Å². The van der Waals surface area contributed by atoms with Crippen molar-refractivity contribution in [3.8, 4) is 0 Å². The van der Waals surface area contributed by atoms with E-state index in [4.69, 9.17) is 66.3 Å². The van der Waals surface area contributed by atoms with Crippen LogP contribution < -0.4 is 0 Å². The Kier molecular flexibility index (Phi) is 156. The molecule has 0 spiro atoms. The molecule has 4 aliphatic rings. The third-order valence-corrected chi connectivity index (χ3v) is 8.23. The molecule has 5 unspecified atom stereocenters. The second-order valence-electron chi connectivity index (χ2n) is 13.0. The van der Waals surface area contributed by atoms with Gasteiger partial charge in [-0.25, -0.2) is 0 Å². The zero-order chi connectivity index (χ0) is 35.4. The zero-order valence-electron chi connectivity index (χ0n) is 31.0. The SMILES string of the molecule is C.C.C.C.C.C.C.C.C.C.C.C.C.C.C.C.C.C.C.C.C.C.CC(COCCN(CCOCCOCC1CO1)CCOCCOCC1CO1)OCCN(CCOCCOCC1CO1)CCOCCOCC1CO1. The maximum atomic E-state index is 6.11. The van der Waals surface area contributed by atoms with Gasteiger partial charge in [0, 0.05) is 39.3 Å². The van der Waals surface area contributed by atoms with Gasteiger partial charge >= 0.3 is 0 Å². The topological polar surface area (TPSA) is 149 Å². The quantitative estimate of drug-likeness (QED) is 0.0422. The largest absolute Gasteiger partial charge is 0.378 e. The van der Waals surface area contributed by atoms with E-state index in [0.717, 1.165) is 65.7 Å². The molecule has 0 aromatic heterocycles. The predicted octanol–water partition coefficient (Wildman–Crippen LogP) is 13.7. The second-order valence-corrected chi connectivity index (χ2v) is 13.0. The molecule has 4 fully saturated rings. The van der Waals surface area contributed by atoms with E-state index >= 15 is 0 Å². The lowest BCUT2D eigenvalue weighted by molar-refractivity contribution is -0.0266. The molecule has 4 heterocycles. The summed E-state index contributed by atoms with van der Waals surface area (Å²) in [6, 6.07) is 0. The van der Waals surface area contributed by atoms with Crippen LogP contribution in [0.4, 0.5) is 0 Å². The van der Waals surface area contributed by atoms with E-state index in [1.165, 1.54) is 0 Å². The maximum absolute atomic E-state index is 6.11. The van der Waals surface area contributed by atoms with Crippen molar-refractivity contribution >= 4 is 0 Å². The molecule has 4 rings (SSSR count). The fraction of sp³-hybridized carbons (Fsp3) is 1.00. The van der Waals surface area contributed by atoms with Gasteiger partial charge in [-0.05, 0) is 6.92 Å². The normalized spacial score (nSPS) is 15.8. The first-order valence-electron chi connectivity index (χ1n) is 19.0. The first kappa shape index (κ1) is 129. The lowest BCUT2D eigenvalue weighted by atomic mass is 10.4. The van der Waals surface area contributed by atoms with Crippen molar-refractivity contribution in [3.63, 3.8) is 0 Å². The molecule has 0 aromatic rings. The summed E-state index contributed by atoms with van der Waals surface area (Å²) in [6.07, 6.45) is 1.08. The number of nitrogens with zero attached hydrogens (tertiary/aromatic N) is 2. The van der Waals surface area contributed by atoms with E-state index in [1.54, 1.807) is 0 Å². The highest BCUT2D eigenvalue weighted by molar-refractivity contribution is 4.69. The average Bonchev–Trinajstić information content (AvgIpc) is 3.91. The molecule has 73 heavy (non-hydrogen) atoms. The summed E-state index contributed by atoms with van der Waals surface area (Å²) in [5, 5.41) is 0. The van der Waals surface area contributed by atoms with E-state index in [9.17, 15) is 0 Å². The third-order valence-electron chi connectivity index (χ3n) is 8.23. The number of rotatable bonds is 41. The van der Waals surface area contributed by atoms with Gasteiger partial charge in [-0.2, -0.15) is 0 Å². The first-order chi connectivity index (χ1) is 25.2. The summed E-state index contributed by atoms with van der Waals surface area (Å²) in [6.45, 7) is 21.3. The van der Waals surface area contributed by atoms with Crippen molar-refractivity contribution in [2.75, 3.05) is 191 Å². The Labute approximate surface area is 466 Å². The molecule has 0 amide bonds. The van der Waals surface area contributed by atoms with Crippen molar-refractivity contribution in [3.05, 3.63) is 0 Å². The molecule has 0 saturated carbocycles. The average molecular weight is 1090 g/mol. The van der Waals surface area contributed by atoms with Crippen LogP contribution in [0.15, 0.2) is 0 Å². The molecule has 0 aliphatic carbocycles. The molecule has 5 atom stereocenters. The highest BCUT2D eigenvalue weighted by atomic mass is 16.6. The molecule has 0 N–H and O–H groups in total. The fourth-order valence-electron chi connectivity index (χ4n) is 4.72. The minimum absolute atomic E-state index is 0. The first-order valence-corrected chi connectivity index (χ1v) is 19.0. The summed E-state index contributed by atoms with van der Waals surface area (Å²) in [4.78, 5) is 4.60. The minimum Gasteiger partial charge on any atom is -0.378 e. The maximum Gasteiger partial charge on any atom is 0.104 e. The van der Waals surface area contributed by atoms with E-state index in [-0.39, 0.29) is 194 Å². The molecule has 0 bridgehead atoms. The standard InChI is InChI=1S/C35H66N2O14.22CH4/c1-31(47-13-7-37(4-10-40-16-20-45-25-34-29-50-34)5-11-41-17-21-46-26-35-30-51-35)22-42-12-6-36(2-8-38-14-18-43-23-32-27-48-32)3-9-39-15-19-44-24-33-28-49-33;;;;;;;;;;;;;;;;;;;;;;/h31-35H,2-30H2,1H3;22*1H4. The van der Waals surface area contributed by atoms with E-state index in [1.807, 2.05) is 6.92 Å². The molecule has 476 valence electrons. The molecule has 4 saturated heterocycles. The molecule has 0 radical (unpaired) electrons. The van der Waals surface area contributed by atoms with E-state index in [2.05, 4.69) is 9.80 Å². The lowest BCUT2D eigenvalue weighted by Gasteiger charge is -2.24. The van der Waals surface area contributed by atoms with Crippen LogP contribution in [0.3, 0.4) is 0 Å². The lowest BCUT2D eigenvalue weighted by Crippen LogP contribution is -2.36. The molecule has 16 heteroatoms. The summed E-state index contributed by atoms with van der Waals surface area (Å²) in [5.74, 6) is 0. The smallest absolute Gasteiger partial charge is 0.104 e. The van der Waals surface area contributed by atoms with Crippen LogP contribution in [0, 0.1) is 0 Å². The number of hydrogen-bond acceptors (Lipinski definition) is 16. The van der Waals surface area contributed by atoms with E-state index in [0.29, 0.717) is 126 Å². The van der Waals surface area contributed by atoms with Crippen molar-refractivity contribution < 1.29 is 66.3 Å². The van der Waals surface area contributed by atoms with Gasteiger partial charge in [0.1, 0.15) is 24.4 Å². The Balaban J connectivity index is -0.0000000780. The second kappa shape index (κ2) is 88.0. The molecular formula is C57H154N2O14. The minimum atomic E-state index is -0.0262. The van der Waals surface area contributed by atoms with Crippen molar-refractivity contribution in [2.24, 2.45) is 0 Å². The van der Waals surface area contributed by atoms with Gasteiger partial charge in [0.15, 0.2) is 0 Å². The molecular weight excluding hydrogens is 937 g/mol. The summed E-state index contributed by atoms with van der Waals surface area (Å²) in [5.41, 5.74) is 0. The zero-order valence-corrected chi connectivity index (χ0v) is 31.0. The van der Waals surface area contributed by atoms with Crippen molar-refractivity contribution in [2.45, 2.75) is 201 Å². The van der Waals surface area contributed by atoms with Crippen LogP contribution in [0.5, 0.6) is 0 Å².